The number of anilines is 1. The van der Waals surface area contributed by atoms with E-state index in [0.717, 1.165) is 25.1 Å². The van der Waals surface area contributed by atoms with Crippen molar-refractivity contribution >= 4 is 17.6 Å². The Balaban J connectivity index is 2.38. The van der Waals surface area contributed by atoms with E-state index in [-0.39, 0.29) is 12.5 Å². The maximum Gasteiger partial charge on any atom is 0.246 e. The molecule has 0 spiro atoms. The summed E-state index contributed by atoms with van der Waals surface area (Å²) >= 11 is 0. The van der Waals surface area contributed by atoms with Crippen LogP contribution < -0.4 is 16.4 Å². The molecule has 5 nitrogen and oxygen atoms in total. The molecule has 1 amide bonds. The highest BCUT2D eigenvalue weighted by atomic mass is 16.1. The maximum atomic E-state index is 11.8. The van der Waals surface area contributed by atoms with Gasteiger partial charge in [-0.25, -0.2) is 4.99 Å². The number of carbonyl (C=O) groups is 1. The highest BCUT2D eigenvalue weighted by Crippen LogP contribution is 2.10. The minimum atomic E-state index is -0.170. The summed E-state index contributed by atoms with van der Waals surface area (Å²) in [5, 5.41) is 5.82. The lowest BCUT2D eigenvalue weighted by Crippen LogP contribution is -2.34. The van der Waals surface area contributed by atoms with Gasteiger partial charge in [0.2, 0.25) is 5.91 Å². The smallest absolute Gasteiger partial charge is 0.246 e. The number of rotatable bonds is 7. The first-order valence-corrected chi connectivity index (χ1v) is 7.43. The number of guanidine groups is 1. The van der Waals surface area contributed by atoms with E-state index in [9.17, 15) is 4.79 Å². The quantitative estimate of drug-likeness (QED) is 0.531. The molecule has 1 aromatic rings. The van der Waals surface area contributed by atoms with Crippen LogP contribution in [0.15, 0.2) is 29.3 Å². The third-order valence-electron chi connectivity index (χ3n) is 3.04. The van der Waals surface area contributed by atoms with Crippen molar-refractivity contribution in [1.82, 2.24) is 5.32 Å². The Morgan fingerprint density at radius 1 is 1.38 bits per heavy atom. The lowest BCUT2D eigenvalue weighted by atomic mass is 10.1. The molecule has 0 saturated carbocycles. The Labute approximate surface area is 127 Å². The molecule has 0 heterocycles. The van der Waals surface area contributed by atoms with Crippen LogP contribution in [-0.4, -0.2) is 25.0 Å². The van der Waals surface area contributed by atoms with Crippen LogP contribution in [0.25, 0.3) is 0 Å². The molecule has 0 aromatic heterocycles. The highest BCUT2D eigenvalue weighted by Gasteiger charge is 2.02. The van der Waals surface area contributed by atoms with Crippen LogP contribution in [0.5, 0.6) is 0 Å². The van der Waals surface area contributed by atoms with E-state index in [1.807, 2.05) is 24.3 Å². The molecule has 1 rings (SSSR count). The molecule has 5 heteroatoms. The monoisotopic (exact) mass is 290 g/mol. The molecule has 0 radical (unpaired) electrons. The number of benzene rings is 1. The average Bonchev–Trinajstić information content (AvgIpc) is 2.45. The number of nitrogens with one attached hydrogen (secondary N) is 2. The Bertz CT molecular complexity index is 483. The normalized spacial score (nSPS) is 11.5. The zero-order chi connectivity index (χ0) is 15.7. The van der Waals surface area contributed by atoms with Gasteiger partial charge in [-0.15, -0.1) is 0 Å². The fourth-order valence-corrected chi connectivity index (χ4v) is 1.77. The molecule has 0 saturated heterocycles. The Morgan fingerprint density at radius 3 is 2.81 bits per heavy atom. The summed E-state index contributed by atoms with van der Waals surface area (Å²) in [5.74, 6) is 0.754. The standard InChI is InChI=1S/C16H26N4O/c1-4-13-6-5-7-14(10-13)20-15(21)11-19-16(17)18-9-8-12(2)3/h5-7,10,12H,4,8-9,11H2,1-3H3,(H,20,21)(H3,17,18,19). The van der Waals surface area contributed by atoms with Crippen molar-refractivity contribution in [3.05, 3.63) is 29.8 Å². The van der Waals surface area contributed by atoms with Crippen LogP contribution in [0, 0.1) is 5.92 Å². The van der Waals surface area contributed by atoms with E-state index >= 15 is 0 Å². The minimum Gasteiger partial charge on any atom is -0.370 e. The molecule has 21 heavy (non-hydrogen) atoms. The lowest BCUT2D eigenvalue weighted by Gasteiger charge is -2.08. The predicted octanol–water partition coefficient (Wildman–Crippen LogP) is 2.14. The molecule has 0 atom stereocenters. The fourth-order valence-electron chi connectivity index (χ4n) is 1.77. The highest BCUT2D eigenvalue weighted by molar-refractivity contribution is 5.93. The number of aryl methyl sites for hydroxylation is 1. The van der Waals surface area contributed by atoms with Gasteiger partial charge in [-0.3, -0.25) is 4.79 Å². The molecule has 0 fully saturated rings. The number of hydrogen-bond donors (Lipinski definition) is 3. The molecule has 1 aromatic carbocycles. The predicted molar refractivity (Wildman–Crippen MR) is 88.4 cm³/mol. The summed E-state index contributed by atoms with van der Waals surface area (Å²) < 4.78 is 0. The zero-order valence-corrected chi connectivity index (χ0v) is 13.1. The first-order chi connectivity index (χ1) is 10.0. The molecule has 0 aliphatic rings. The van der Waals surface area contributed by atoms with Gasteiger partial charge in [-0.05, 0) is 36.5 Å². The second-order valence-electron chi connectivity index (χ2n) is 5.41. The summed E-state index contributed by atoms with van der Waals surface area (Å²) in [4.78, 5) is 15.8. The van der Waals surface area contributed by atoms with Crippen LogP contribution >= 0.6 is 0 Å². The van der Waals surface area contributed by atoms with Gasteiger partial charge in [0.15, 0.2) is 5.96 Å². The van der Waals surface area contributed by atoms with Gasteiger partial charge in [-0.1, -0.05) is 32.9 Å². The van der Waals surface area contributed by atoms with E-state index in [1.54, 1.807) is 0 Å². The molecule has 0 bridgehead atoms. The molecular formula is C16H26N4O. The number of aliphatic imine (C=N–C) groups is 1. The van der Waals surface area contributed by atoms with Crippen LogP contribution in [0.4, 0.5) is 5.69 Å². The van der Waals surface area contributed by atoms with Crippen molar-refractivity contribution in [1.29, 1.82) is 0 Å². The van der Waals surface area contributed by atoms with Gasteiger partial charge in [-0.2, -0.15) is 0 Å². The summed E-state index contributed by atoms with van der Waals surface area (Å²) in [6.45, 7) is 7.17. The van der Waals surface area contributed by atoms with E-state index in [1.165, 1.54) is 5.56 Å². The fraction of sp³-hybridized carbons (Fsp3) is 0.500. The molecule has 0 unspecified atom stereocenters. The van der Waals surface area contributed by atoms with Crippen molar-refractivity contribution < 1.29 is 4.79 Å². The Kier molecular flexibility index (Phi) is 7.29. The Morgan fingerprint density at radius 2 is 2.14 bits per heavy atom. The number of carbonyl (C=O) groups excluding carboxylic acids is 1. The van der Waals surface area contributed by atoms with Gasteiger partial charge in [0, 0.05) is 12.2 Å². The molecule has 0 aliphatic heterocycles. The van der Waals surface area contributed by atoms with Gasteiger partial charge in [0.05, 0.1) is 0 Å². The first-order valence-electron chi connectivity index (χ1n) is 7.43. The third kappa shape index (κ3) is 7.34. The minimum absolute atomic E-state index is 0.0247. The Hall–Kier alpha value is -2.04. The summed E-state index contributed by atoms with van der Waals surface area (Å²) in [6.07, 6.45) is 1.96. The van der Waals surface area contributed by atoms with Crippen LogP contribution in [0.2, 0.25) is 0 Å². The van der Waals surface area contributed by atoms with E-state index in [4.69, 9.17) is 5.73 Å². The van der Waals surface area contributed by atoms with Crippen molar-refractivity contribution in [2.24, 2.45) is 16.6 Å². The lowest BCUT2D eigenvalue weighted by molar-refractivity contribution is -0.114. The van der Waals surface area contributed by atoms with Crippen LogP contribution in [0.3, 0.4) is 0 Å². The van der Waals surface area contributed by atoms with Crippen molar-refractivity contribution in [3.63, 3.8) is 0 Å². The summed E-state index contributed by atoms with van der Waals surface area (Å²) in [6, 6.07) is 7.79. The topological polar surface area (TPSA) is 79.5 Å². The number of nitrogens with zero attached hydrogens (tertiary/aromatic N) is 1. The zero-order valence-electron chi connectivity index (χ0n) is 13.1. The summed E-state index contributed by atoms with van der Waals surface area (Å²) in [7, 11) is 0. The van der Waals surface area contributed by atoms with Gasteiger partial charge in [0.1, 0.15) is 6.54 Å². The maximum absolute atomic E-state index is 11.8. The first kappa shape index (κ1) is 17.0. The molecule has 0 aliphatic carbocycles. The second-order valence-corrected chi connectivity index (χ2v) is 5.41. The van der Waals surface area contributed by atoms with Crippen LogP contribution in [-0.2, 0) is 11.2 Å². The number of hydrogen-bond acceptors (Lipinski definition) is 2. The number of nitrogens with two attached hydrogens (primary N) is 1. The van der Waals surface area contributed by atoms with Crippen molar-refractivity contribution in [2.75, 3.05) is 18.4 Å². The van der Waals surface area contributed by atoms with Gasteiger partial charge >= 0.3 is 0 Å². The molecule has 116 valence electrons. The van der Waals surface area contributed by atoms with Gasteiger partial charge in [0.25, 0.3) is 0 Å². The molecular weight excluding hydrogens is 264 g/mol. The average molecular weight is 290 g/mol. The summed E-state index contributed by atoms with van der Waals surface area (Å²) in [5.41, 5.74) is 7.68. The van der Waals surface area contributed by atoms with E-state index < -0.39 is 0 Å². The second kappa shape index (κ2) is 9.00. The third-order valence-corrected chi connectivity index (χ3v) is 3.04. The number of amides is 1. The van der Waals surface area contributed by atoms with E-state index in [2.05, 4.69) is 36.4 Å². The van der Waals surface area contributed by atoms with Crippen LogP contribution in [0.1, 0.15) is 32.8 Å². The SMILES string of the molecule is CCc1cccc(NC(=O)CN=C(N)NCCC(C)C)c1. The van der Waals surface area contributed by atoms with Crippen molar-refractivity contribution in [3.8, 4) is 0 Å². The van der Waals surface area contributed by atoms with Crippen molar-refractivity contribution in [2.45, 2.75) is 33.6 Å². The van der Waals surface area contributed by atoms with Gasteiger partial charge < -0.3 is 16.4 Å². The molecule has 4 N–H and O–H groups in total. The van der Waals surface area contributed by atoms with E-state index in [0.29, 0.717) is 11.9 Å². The largest absolute Gasteiger partial charge is 0.370 e.